The predicted octanol–water partition coefficient (Wildman–Crippen LogP) is 0.760. The number of carboxylic acids is 1. The van der Waals surface area contributed by atoms with Gasteiger partial charge in [-0.1, -0.05) is 0 Å². The number of nitrogens with one attached hydrogen (secondary N) is 1. The van der Waals surface area contributed by atoms with Crippen LogP contribution in [-0.4, -0.2) is 38.7 Å². The molecule has 1 saturated heterocycles. The van der Waals surface area contributed by atoms with Gasteiger partial charge in [0.2, 0.25) is 10.0 Å². The summed E-state index contributed by atoms with van der Waals surface area (Å²) >= 11 is 0. The van der Waals surface area contributed by atoms with Gasteiger partial charge in [-0.2, -0.15) is 0 Å². The van der Waals surface area contributed by atoms with Gasteiger partial charge in [-0.3, -0.25) is 0 Å². The summed E-state index contributed by atoms with van der Waals surface area (Å²) in [6.45, 7) is 2.48. The van der Waals surface area contributed by atoms with Crippen LogP contribution in [-0.2, 0) is 14.8 Å². The van der Waals surface area contributed by atoms with Crippen LogP contribution in [0.5, 0.6) is 0 Å². The third-order valence-electron chi connectivity index (χ3n) is 2.99. The van der Waals surface area contributed by atoms with Gasteiger partial charge >= 0.3 is 5.97 Å². The number of carbonyl (C=O) groups is 1. The van der Waals surface area contributed by atoms with Crippen LogP contribution >= 0.6 is 0 Å². The van der Waals surface area contributed by atoms with Gasteiger partial charge in [-0.25, -0.2) is 17.9 Å². The highest BCUT2D eigenvalue weighted by molar-refractivity contribution is 7.89. The second kappa shape index (κ2) is 5.28. The van der Waals surface area contributed by atoms with Crippen molar-refractivity contribution in [1.29, 1.82) is 0 Å². The van der Waals surface area contributed by atoms with E-state index >= 15 is 0 Å². The molecular weight excluding hydrogens is 270 g/mol. The van der Waals surface area contributed by atoms with Gasteiger partial charge in [0.25, 0.3) is 0 Å². The first-order valence-corrected chi connectivity index (χ1v) is 7.32. The number of hydrogen-bond donors (Lipinski definition) is 2. The van der Waals surface area contributed by atoms with E-state index in [1.165, 1.54) is 18.2 Å². The third kappa shape index (κ3) is 3.12. The van der Waals surface area contributed by atoms with Crippen LogP contribution in [0.1, 0.15) is 22.3 Å². The number of benzene rings is 1. The molecule has 1 aliphatic heterocycles. The van der Waals surface area contributed by atoms with E-state index in [0.717, 1.165) is 0 Å². The number of rotatable bonds is 4. The maximum Gasteiger partial charge on any atom is 0.335 e. The van der Waals surface area contributed by atoms with Crippen molar-refractivity contribution in [2.45, 2.75) is 24.3 Å². The monoisotopic (exact) mass is 285 g/mol. The van der Waals surface area contributed by atoms with E-state index in [2.05, 4.69) is 4.72 Å². The fourth-order valence-electron chi connectivity index (χ4n) is 1.96. The average molecular weight is 285 g/mol. The van der Waals surface area contributed by atoms with Gasteiger partial charge in [-0.05, 0) is 37.1 Å². The molecule has 1 aromatic rings. The molecule has 0 radical (unpaired) electrons. The van der Waals surface area contributed by atoms with Crippen LogP contribution in [0.4, 0.5) is 0 Å². The normalized spacial score (nSPS) is 19.5. The maximum absolute atomic E-state index is 12.1. The summed E-state index contributed by atoms with van der Waals surface area (Å²) in [4.78, 5) is 11.0. The minimum Gasteiger partial charge on any atom is -0.478 e. The molecule has 2 N–H and O–H groups in total. The van der Waals surface area contributed by atoms with Crippen molar-refractivity contribution in [1.82, 2.24) is 4.72 Å². The summed E-state index contributed by atoms with van der Waals surface area (Å²) in [6.07, 6.45) is 0.644. The van der Waals surface area contributed by atoms with Crippen molar-refractivity contribution in [2.24, 2.45) is 0 Å². The zero-order chi connectivity index (χ0) is 14.0. The number of ether oxygens (including phenoxy) is 1. The molecule has 1 atom stereocenters. The van der Waals surface area contributed by atoms with E-state index in [0.29, 0.717) is 25.2 Å². The van der Waals surface area contributed by atoms with Crippen molar-refractivity contribution < 1.29 is 23.1 Å². The van der Waals surface area contributed by atoms with Crippen molar-refractivity contribution in [3.8, 4) is 0 Å². The van der Waals surface area contributed by atoms with Crippen LogP contribution in [0.3, 0.4) is 0 Å². The lowest BCUT2D eigenvalue weighted by Gasteiger charge is -2.12. The molecule has 1 heterocycles. The molecule has 1 aliphatic rings. The SMILES string of the molecule is Cc1cc(S(=O)(=O)NC2CCOC2)ccc1C(=O)O. The Labute approximate surface area is 111 Å². The zero-order valence-electron chi connectivity index (χ0n) is 10.4. The van der Waals surface area contributed by atoms with E-state index in [1.807, 2.05) is 0 Å². The Balaban J connectivity index is 2.25. The maximum atomic E-state index is 12.1. The Hall–Kier alpha value is -1.44. The Morgan fingerprint density at radius 1 is 1.47 bits per heavy atom. The van der Waals surface area contributed by atoms with Gasteiger partial charge in [0.1, 0.15) is 0 Å². The molecule has 2 rings (SSSR count). The lowest BCUT2D eigenvalue weighted by Crippen LogP contribution is -2.35. The molecule has 1 unspecified atom stereocenters. The van der Waals surface area contributed by atoms with E-state index in [9.17, 15) is 13.2 Å². The standard InChI is InChI=1S/C12H15NO5S/c1-8-6-10(2-3-11(8)12(14)15)19(16,17)13-9-4-5-18-7-9/h2-3,6,9,13H,4-5,7H2,1H3,(H,14,15). The summed E-state index contributed by atoms with van der Waals surface area (Å²) in [6, 6.07) is 3.75. The van der Waals surface area contributed by atoms with E-state index in [-0.39, 0.29) is 16.5 Å². The molecule has 0 spiro atoms. The summed E-state index contributed by atoms with van der Waals surface area (Å²) < 4.78 is 31.9. The van der Waals surface area contributed by atoms with Crippen LogP contribution < -0.4 is 4.72 Å². The molecule has 6 nitrogen and oxygen atoms in total. The average Bonchev–Trinajstić information content (AvgIpc) is 2.80. The Kier molecular flexibility index (Phi) is 3.88. The van der Waals surface area contributed by atoms with Crippen molar-refractivity contribution in [3.05, 3.63) is 29.3 Å². The number of carboxylic acid groups (broad SMARTS) is 1. The van der Waals surface area contributed by atoms with Crippen LogP contribution in [0.15, 0.2) is 23.1 Å². The molecular formula is C12H15NO5S. The van der Waals surface area contributed by atoms with Crippen LogP contribution in [0, 0.1) is 6.92 Å². The van der Waals surface area contributed by atoms with Crippen molar-refractivity contribution in [2.75, 3.05) is 13.2 Å². The summed E-state index contributed by atoms with van der Waals surface area (Å²) in [7, 11) is -3.63. The molecule has 19 heavy (non-hydrogen) atoms. The Morgan fingerprint density at radius 3 is 2.74 bits per heavy atom. The van der Waals surface area contributed by atoms with Gasteiger partial charge in [0.05, 0.1) is 17.1 Å². The molecule has 0 bridgehead atoms. The second-order valence-corrected chi connectivity index (χ2v) is 6.18. The largest absolute Gasteiger partial charge is 0.478 e. The summed E-state index contributed by atoms with van der Waals surface area (Å²) in [5.41, 5.74) is 0.515. The molecule has 1 fully saturated rings. The first-order valence-electron chi connectivity index (χ1n) is 5.84. The van der Waals surface area contributed by atoms with E-state index in [1.54, 1.807) is 6.92 Å². The fraction of sp³-hybridized carbons (Fsp3) is 0.417. The van der Waals surface area contributed by atoms with E-state index < -0.39 is 16.0 Å². The lowest BCUT2D eigenvalue weighted by molar-refractivity contribution is 0.0696. The van der Waals surface area contributed by atoms with Crippen molar-refractivity contribution >= 4 is 16.0 Å². The summed E-state index contributed by atoms with van der Waals surface area (Å²) in [5.74, 6) is -1.07. The molecule has 7 heteroatoms. The minimum absolute atomic E-state index is 0.0712. The number of aromatic carboxylic acids is 1. The minimum atomic E-state index is -3.63. The first kappa shape index (κ1) is 14.0. The predicted molar refractivity (Wildman–Crippen MR) is 67.7 cm³/mol. The van der Waals surface area contributed by atoms with Gasteiger partial charge in [0, 0.05) is 12.6 Å². The number of hydrogen-bond acceptors (Lipinski definition) is 4. The highest BCUT2D eigenvalue weighted by atomic mass is 32.2. The molecule has 0 amide bonds. The Morgan fingerprint density at radius 2 is 2.21 bits per heavy atom. The van der Waals surface area contributed by atoms with Gasteiger partial charge in [0.15, 0.2) is 0 Å². The number of sulfonamides is 1. The highest BCUT2D eigenvalue weighted by Gasteiger charge is 2.24. The topological polar surface area (TPSA) is 92.7 Å². The molecule has 1 aromatic carbocycles. The first-order chi connectivity index (χ1) is 8.90. The molecule has 0 aliphatic carbocycles. The quantitative estimate of drug-likeness (QED) is 0.852. The zero-order valence-corrected chi connectivity index (χ0v) is 11.2. The van der Waals surface area contributed by atoms with Crippen LogP contribution in [0.25, 0.3) is 0 Å². The number of aryl methyl sites for hydroxylation is 1. The van der Waals surface area contributed by atoms with Gasteiger partial charge < -0.3 is 9.84 Å². The lowest BCUT2D eigenvalue weighted by atomic mass is 10.1. The Bertz CT molecular complexity index is 590. The molecule has 104 valence electrons. The smallest absolute Gasteiger partial charge is 0.335 e. The summed E-state index contributed by atoms with van der Waals surface area (Å²) in [5, 5.41) is 8.91. The highest BCUT2D eigenvalue weighted by Crippen LogP contribution is 2.17. The van der Waals surface area contributed by atoms with Crippen molar-refractivity contribution in [3.63, 3.8) is 0 Å². The fourth-order valence-corrected chi connectivity index (χ4v) is 3.30. The second-order valence-electron chi connectivity index (χ2n) is 4.46. The van der Waals surface area contributed by atoms with E-state index in [4.69, 9.17) is 9.84 Å². The van der Waals surface area contributed by atoms with Crippen LogP contribution in [0.2, 0.25) is 0 Å². The molecule has 0 saturated carbocycles. The van der Waals surface area contributed by atoms with Gasteiger partial charge in [-0.15, -0.1) is 0 Å². The third-order valence-corrected chi connectivity index (χ3v) is 4.51. The molecule has 0 aromatic heterocycles.